The molecule has 32 nitrogen and oxygen atoms in total. The maximum absolute atomic E-state index is 14.3. The van der Waals surface area contributed by atoms with Gasteiger partial charge in [-0.05, 0) is 92.8 Å². The van der Waals surface area contributed by atoms with Crippen LogP contribution in [-0.2, 0) is 76.7 Å². The van der Waals surface area contributed by atoms with Gasteiger partial charge in [-0.15, -0.1) is 0 Å². The van der Waals surface area contributed by atoms with Gasteiger partial charge >= 0.3 is 11.9 Å². The standard InChI is InChI=1S/C66H115N13O19/c1-16-18-19-20-51(83)68-42(25-33(3)4)57(88)70-41(22-24-52(84)85)55(86)71-44(27-35(7)8)59(90)72-43(26-34(5)6)58(89)69-40(21-23-50(67)82)56(87)75-47(30-80)62(93)78-53(38(13)14)64(95)74-45(28-36(9)10)60(91)77-49-32-98-66(97)48(31-81)76-65(96)54(39(15)17-2)79-61(92)46(29-37(11)12)73-63(49)94/h33-49,53-54,80-81H,16-32H2,1-15H3,(H2,67,82)(H,68,83)(H,69,89)(H,70,88)(H,71,86)(H,72,90)(H,73,94)(H,74,95)(H,75,87)(H,76,96)(H,77,91)(H,78,93)(H,79,92)(H,84,85). The van der Waals surface area contributed by atoms with Crippen LogP contribution in [0.25, 0.3) is 0 Å². The van der Waals surface area contributed by atoms with Gasteiger partial charge < -0.3 is 89.6 Å². The van der Waals surface area contributed by atoms with Gasteiger partial charge in [-0.25, -0.2) is 4.79 Å². The molecule has 0 radical (unpaired) electrons. The highest BCUT2D eigenvalue weighted by Gasteiger charge is 2.40. The first-order valence-electron chi connectivity index (χ1n) is 34.3. The van der Waals surface area contributed by atoms with Crippen LogP contribution in [0.4, 0.5) is 0 Å². The number of nitrogens with two attached hydrogens (primary N) is 1. The van der Waals surface area contributed by atoms with Gasteiger partial charge in [0, 0.05) is 19.3 Å². The summed E-state index contributed by atoms with van der Waals surface area (Å²) >= 11 is 0. The molecule has 1 aliphatic rings. The Balaban J connectivity index is 3.58. The lowest BCUT2D eigenvalue weighted by Gasteiger charge is -2.29. The second-order valence-electron chi connectivity index (χ2n) is 27.8. The molecule has 0 spiro atoms. The Morgan fingerprint density at radius 1 is 0.490 bits per heavy atom. The number of esters is 1. The number of hydrogen-bond acceptors (Lipinski definition) is 18. The summed E-state index contributed by atoms with van der Waals surface area (Å²) in [7, 11) is 0. The normalized spacial score (nSPS) is 19.0. The molecule has 32 heteroatoms. The van der Waals surface area contributed by atoms with Gasteiger partial charge in [-0.2, -0.15) is 0 Å². The highest BCUT2D eigenvalue weighted by atomic mass is 16.5. The van der Waals surface area contributed by atoms with E-state index in [1.54, 1.807) is 69.2 Å². The van der Waals surface area contributed by atoms with Crippen LogP contribution >= 0.6 is 0 Å². The minimum absolute atomic E-state index is 0.0293. The van der Waals surface area contributed by atoms with Crippen LogP contribution in [0.1, 0.15) is 194 Å². The summed E-state index contributed by atoms with van der Waals surface area (Å²) in [5.41, 5.74) is 5.47. The molecule has 1 saturated heterocycles. The summed E-state index contributed by atoms with van der Waals surface area (Å²) in [5, 5.41) is 60.8. The molecule has 0 aromatic rings. The molecule has 0 aromatic heterocycles. The van der Waals surface area contributed by atoms with Crippen LogP contribution in [0.2, 0.25) is 0 Å². The Hall–Kier alpha value is -8.03. The Morgan fingerprint density at radius 3 is 1.35 bits per heavy atom. The Bertz CT molecular complexity index is 2690. The summed E-state index contributed by atoms with van der Waals surface area (Å²) in [6.07, 6.45) is 0.922. The number of rotatable bonds is 42. The van der Waals surface area contributed by atoms with Gasteiger partial charge in [-0.3, -0.25) is 67.1 Å². The van der Waals surface area contributed by atoms with Crippen molar-refractivity contribution in [3.63, 3.8) is 0 Å². The van der Waals surface area contributed by atoms with E-state index in [4.69, 9.17) is 10.5 Å². The van der Waals surface area contributed by atoms with Crippen LogP contribution in [-0.4, -0.2) is 196 Å². The van der Waals surface area contributed by atoms with Gasteiger partial charge in [0.15, 0.2) is 6.04 Å². The largest absolute Gasteiger partial charge is 0.481 e. The number of nitrogens with one attached hydrogen (secondary N) is 12. The molecule has 0 aromatic carbocycles. The van der Waals surface area contributed by atoms with E-state index in [2.05, 4.69) is 63.8 Å². The number of aliphatic hydroxyl groups excluding tert-OH is 2. The number of unbranched alkanes of at least 4 members (excludes halogenated alkanes) is 2. The summed E-state index contributed by atoms with van der Waals surface area (Å²) in [5.74, 6) is -16.5. The number of carboxylic acids is 1. The quantitative estimate of drug-likeness (QED) is 0.0257. The molecule has 13 atom stereocenters. The van der Waals surface area contributed by atoms with Gasteiger partial charge in [-0.1, -0.05) is 123 Å². The molecule has 1 fully saturated rings. The number of carbonyl (C=O) groups excluding carboxylic acids is 14. The number of carbonyl (C=O) groups is 15. The second-order valence-corrected chi connectivity index (χ2v) is 27.8. The van der Waals surface area contributed by atoms with Gasteiger partial charge in [0.05, 0.1) is 13.2 Å². The zero-order chi connectivity index (χ0) is 74.8. The van der Waals surface area contributed by atoms with Crippen molar-refractivity contribution in [3.8, 4) is 0 Å². The number of aliphatic hydroxyl groups is 2. The smallest absolute Gasteiger partial charge is 0.331 e. The number of hydrogen-bond donors (Lipinski definition) is 16. The highest BCUT2D eigenvalue weighted by Crippen LogP contribution is 2.17. The van der Waals surface area contributed by atoms with E-state index in [0.29, 0.717) is 12.8 Å². The maximum Gasteiger partial charge on any atom is 0.331 e. The second kappa shape index (κ2) is 44.8. The maximum atomic E-state index is 14.3. The zero-order valence-corrected chi connectivity index (χ0v) is 59.9. The third kappa shape index (κ3) is 33.0. The van der Waals surface area contributed by atoms with Crippen molar-refractivity contribution < 1.29 is 92.0 Å². The number of primary amides is 1. The number of cyclic esters (lactones) is 1. The predicted molar refractivity (Wildman–Crippen MR) is 359 cm³/mol. The molecule has 558 valence electrons. The molecule has 0 bridgehead atoms. The van der Waals surface area contributed by atoms with Crippen LogP contribution in [0.15, 0.2) is 0 Å². The average molecular weight is 1390 g/mol. The molecule has 13 unspecified atom stereocenters. The summed E-state index contributed by atoms with van der Waals surface area (Å²) in [6.45, 7) is 23.2. The van der Waals surface area contributed by atoms with Crippen molar-refractivity contribution in [2.24, 2.45) is 47.2 Å². The van der Waals surface area contributed by atoms with Crippen LogP contribution in [0.3, 0.4) is 0 Å². The number of ether oxygens (including phenoxy) is 1. The first-order chi connectivity index (χ1) is 45.8. The fourth-order valence-electron chi connectivity index (χ4n) is 10.4. The fraction of sp³-hybridized carbons (Fsp3) is 0.773. The van der Waals surface area contributed by atoms with E-state index in [1.807, 2.05) is 20.8 Å². The number of carboxylic acid groups (broad SMARTS) is 1. The third-order valence-corrected chi connectivity index (χ3v) is 16.0. The molecule has 0 saturated carbocycles. The molecular weight excluding hydrogens is 1280 g/mol. The van der Waals surface area contributed by atoms with Crippen molar-refractivity contribution in [3.05, 3.63) is 0 Å². The van der Waals surface area contributed by atoms with Gasteiger partial charge in [0.1, 0.15) is 73.1 Å². The topological polar surface area (TPSA) is 496 Å². The lowest BCUT2D eigenvalue weighted by atomic mass is 9.96. The minimum Gasteiger partial charge on any atom is -0.481 e. The molecule has 1 aliphatic heterocycles. The monoisotopic (exact) mass is 1390 g/mol. The Kier molecular flexibility index (Phi) is 40.2. The highest BCUT2D eigenvalue weighted by molar-refractivity contribution is 6.00. The predicted octanol–water partition coefficient (Wildman–Crippen LogP) is -1.01. The molecule has 13 amide bonds. The van der Waals surface area contributed by atoms with E-state index in [-0.39, 0.29) is 74.0 Å². The lowest BCUT2D eigenvalue weighted by Crippen LogP contribution is -2.62. The van der Waals surface area contributed by atoms with Crippen LogP contribution in [0, 0.1) is 41.4 Å². The first-order valence-corrected chi connectivity index (χ1v) is 34.3. The van der Waals surface area contributed by atoms with Crippen LogP contribution in [0.5, 0.6) is 0 Å². The van der Waals surface area contributed by atoms with E-state index in [9.17, 15) is 87.2 Å². The Labute approximate surface area is 575 Å². The summed E-state index contributed by atoms with van der Waals surface area (Å²) in [6, 6.07) is -17.7. The summed E-state index contributed by atoms with van der Waals surface area (Å²) in [4.78, 5) is 205. The van der Waals surface area contributed by atoms with E-state index in [0.717, 1.165) is 12.8 Å². The van der Waals surface area contributed by atoms with Crippen molar-refractivity contribution in [1.29, 1.82) is 0 Å². The minimum atomic E-state index is -1.85. The Morgan fingerprint density at radius 2 is 0.918 bits per heavy atom. The zero-order valence-electron chi connectivity index (χ0n) is 59.9. The number of aliphatic carboxylic acids is 1. The molecule has 0 aliphatic carbocycles. The lowest BCUT2D eigenvalue weighted by molar-refractivity contribution is -0.151. The fourth-order valence-corrected chi connectivity index (χ4v) is 10.4. The third-order valence-electron chi connectivity index (χ3n) is 16.0. The van der Waals surface area contributed by atoms with E-state index >= 15 is 0 Å². The van der Waals surface area contributed by atoms with Crippen LogP contribution < -0.4 is 69.5 Å². The van der Waals surface area contributed by atoms with Gasteiger partial charge in [0.2, 0.25) is 76.8 Å². The van der Waals surface area contributed by atoms with E-state index < -0.39 is 213 Å². The molecule has 1 heterocycles. The molecule has 1 rings (SSSR count). The van der Waals surface area contributed by atoms with E-state index in [1.165, 1.54) is 13.8 Å². The number of amides is 13. The van der Waals surface area contributed by atoms with Crippen molar-refractivity contribution >= 4 is 88.7 Å². The summed E-state index contributed by atoms with van der Waals surface area (Å²) < 4.78 is 5.37. The molecule has 17 N–H and O–H groups in total. The molecular formula is C66H115N13O19. The van der Waals surface area contributed by atoms with Crippen molar-refractivity contribution in [2.75, 3.05) is 19.8 Å². The average Bonchev–Trinajstić information content (AvgIpc) is 1.30. The van der Waals surface area contributed by atoms with Gasteiger partial charge in [0.25, 0.3) is 0 Å². The SMILES string of the molecule is CCCCCC(=O)NC(CC(C)C)C(=O)NC(CCC(=O)O)C(=O)NC(CC(C)C)C(=O)NC(CC(C)C)C(=O)NC(CCC(N)=O)C(=O)NC(CO)C(=O)NC(C(=O)NC(CC(C)C)C(=O)NC1COC(=O)C(CO)NC(=O)C(C(C)CC)NC(=O)C(CC(C)C)NC1=O)C(C)C. The van der Waals surface area contributed by atoms with Crippen molar-refractivity contribution in [2.45, 2.75) is 266 Å². The first kappa shape index (κ1) is 88.0. The van der Waals surface area contributed by atoms with Crippen molar-refractivity contribution in [1.82, 2.24) is 63.8 Å². The molecule has 98 heavy (non-hydrogen) atoms.